The molecule has 0 aromatic rings. The molecule has 0 N–H and O–H groups in total. The van der Waals surface area contributed by atoms with Crippen molar-refractivity contribution < 1.29 is 66.4 Å². The number of likely N-dealkylation sites (N-methyl/N-ethyl adjacent to an activating group) is 1. The topological polar surface area (TPSA) is 140 Å². The highest BCUT2D eigenvalue weighted by molar-refractivity contribution is 5.69. The predicted octanol–water partition coefficient (Wildman–Crippen LogP) is 2.26. The Morgan fingerprint density at radius 3 is 0.880 bits per heavy atom. The quantitative estimate of drug-likeness (QED) is 0.0669. The lowest BCUT2D eigenvalue weighted by molar-refractivity contribution is -0.145. The van der Waals surface area contributed by atoms with Crippen LogP contribution in [0.4, 0.5) is 0 Å². The van der Waals surface area contributed by atoms with Crippen LogP contribution in [-0.2, 0) is 66.4 Å². The summed E-state index contributed by atoms with van der Waals surface area (Å²) in [4.78, 5) is 13.6. The minimum atomic E-state index is -0.153. The number of esters is 1. The molecule has 0 fully saturated rings. The zero-order valence-electron chi connectivity index (χ0n) is 31.6. The Balaban J connectivity index is 3.08. The Morgan fingerprint density at radius 1 is 0.360 bits per heavy atom. The highest BCUT2D eigenvalue weighted by Gasteiger charge is 2.02. The molecule has 0 aromatic heterocycles. The Morgan fingerprint density at radius 2 is 0.620 bits per heavy atom. The maximum absolute atomic E-state index is 11.6. The van der Waals surface area contributed by atoms with E-state index in [9.17, 15) is 4.79 Å². The van der Waals surface area contributed by atoms with Gasteiger partial charge in [0.15, 0.2) is 0 Å². The van der Waals surface area contributed by atoms with Crippen molar-refractivity contribution in [3.05, 3.63) is 0 Å². The van der Waals surface area contributed by atoms with Crippen LogP contribution < -0.4 is 0 Å². The van der Waals surface area contributed by atoms with E-state index < -0.39 is 0 Å². The summed E-state index contributed by atoms with van der Waals surface area (Å²) >= 11 is 0. The summed E-state index contributed by atoms with van der Waals surface area (Å²) in [6.45, 7) is 15.7. The summed E-state index contributed by atoms with van der Waals surface area (Å²) < 4.78 is 70.7. The van der Waals surface area contributed by atoms with E-state index in [4.69, 9.17) is 61.6 Å². The monoisotopic (exact) mass is 729 g/mol. The molecular formula is C35H71NO14. The number of carbonyl (C=O) groups is 1. The molecule has 0 rings (SSSR count). The van der Waals surface area contributed by atoms with E-state index in [1.165, 1.54) is 0 Å². The lowest BCUT2D eigenvalue weighted by atomic mass is 10.2. The third kappa shape index (κ3) is 45.0. The van der Waals surface area contributed by atoms with Crippen molar-refractivity contribution in [2.45, 2.75) is 39.0 Å². The van der Waals surface area contributed by atoms with Crippen LogP contribution in [0.1, 0.15) is 39.0 Å². The van der Waals surface area contributed by atoms with E-state index in [1.54, 1.807) is 0 Å². The van der Waals surface area contributed by atoms with Gasteiger partial charge in [-0.25, -0.2) is 0 Å². The molecule has 0 saturated carbocycles. The molecule has 15 heteroatoms. The number of nitrogens with zero attached hydrogens (tertiary/aromatic N) is 1. The molecule has 0 unspecified atom stereocenters. The van der Waals surface area contributed by atoms with Gasteiger partial charge in [-0.3, -0.25) is 4.79 Å². The van der Waals surface area contributed by atoms with Gasteiger partial charge < -0.3 is 66.5 Å². The largest absolute Gasteiger partial charge is 0.463 e. The number of rotatable bonds is 44. The average Bonchev–Trinajstić information content (AvgIpc) is 3.11. The fourth-order valence-electron chi connectivity index (χ4n) is 3.75. The second-order valence-corrected chi connectivity index (χ2v) is 11.2. The molecule has 0 heterocycles. The van der Waals surface area contributed by atoms with Gasteiger partial charge in [0.05, 0.1) is 159 Å². The Labute approximate surface area is 302 Å². The Kier molecular flexibility index (Phi) is 43.2. The van der Waals surface area contributed by atoms with Crippen LogP contribution in [0.25, 0.3) is 0 Å². The minimum Gasteiger partial charge on any atom is -0.463 e. The molecule has 0 bridgehead atoms. The predicted molar refractivity (Wildman–Crippen MR) is 188 cm³/mol. The van der Waals surface area contributed by atoms with E-state index in [1.807, 2.05) is 14.1 Å². The Hall–Kier alpha value is -1.05. The molecule has 0 amide bonds. The van der Waals surface area contributed by atoms with Crippen molar-refractivity contribution in [3.8, 4) is 0 Å². The minimum absolute atomic E-state index is 0.153. The normalized spacial score (nSPS) is 11.6. The molecule has 0 aromatic carbocycles. The summed E-state index contributed by atoms with van der Waals surface area (Å²) in [7, 11) is 4.04. The van der Waals surface area contributed by atoms with Crippen molar-refractivity contribution in [2.75, 3.05) is 186 Å². The van der Waals surface area contributed by atoms with Crippen LogP contribution in [0, 0.1) is 0 Å². The van der Waals surface area contributed by atoms with Gasteiger partial charge in [-0.1, -0.05) is 26.2 Å². The molecule has 300 valence electrons. The molecule has 0 aliphatic heterocycles. The molecule has 0 aliphatic carbocycles. The summed E-state index contributed by atoms with van der Waals surface area (Å²) in [6, 6.07) is 0. The molecule has 0 spiro atoms. The van der Waals surface area contributed by atoms with E-state index in [0.29, 0.717) is 165 Å². The van der Waals surface area contributed by atoms with Gasteiger partial charge in [0, 0.05) is 13.0 Å². The van der Waals surface area contributed by atoms with Crippen LogP contribution >= 0.6 is 0 Å². The lowest BCUT2D eigenvalue weighted by Gasteiger charge is -2.10. The fourth-order valence-corrected chi connectivity index (χ4v) is 3.75. The van der Waals surface area contributed by atoms with Crippen LogP contribution in [-0.4, -0.2) is 197 Å². The van der Waals surface area contributed by atoms with Gasteiger partial charge >= 0.3 is 5.97 Å². The molecule has 15 nitrogen and oxygen atoms in total. The van der Waals surface area contributed by atoms with Crippen molar-refractivity contribution in [3.63, 3.8) is 0 Å². The van der Waals surface area contributed by atoms with Crippen LogP contribution in [0.3, 0.4) is 0 Å². The third-order valence-corrected chi connectivity index (χ3v) is 6.50. The van der Waals surface area contributed by atoms with Crippen LogP contribution in [0.15, 0.2) is 0 Å². The van der Waals surface area contributed by atoms with Crippen molar-refractivity contribution in [1.82, 2.24) is 4.90 Å². The van der Waals surface area contributed by atoms with Crippen molar-refractivity contribution in [1.29, 1.82) is 0 Å². The second-order valence-electron chi connectivity index (χ2n) is 11.2. The maximum Gasteiger partial charge on any atom is 0.305 e. The zero-order valence-corrected chi connectivity index (χ0v) is 31.6. The summed E-state index contributed by atoms with van der Waals surface area (Å²) in [6.07, 6.45) is 4.76. The number of unbranched alkanes of at least 4 members (excludes halogenated alkanes) is 3. The van der Waals surface area contributed by atoms with Gasteiger partial charge in [-0.2, -0.15) is 0 Å². The lowest BCUT2D eigenvalue weighted by Crippen LogP contribution is -2.19. The summed E-state index contributed by atoms with van der Waals surface area (Å²) in [5.41, 5.74) is 0. The molecule has 0 saturated heterocycles. The first-order chi connectivity index (χ1) is 24.7. The molecule has 0 radical (unpaired) electrons. The number of carbonyl (C=O) groups excluding carboxylic acids is 1. The van der Waals surface area contributed by atoms with E-state index in [0.717, 1.165) is 32.2 Å². The maximum atomic E-state index is 11.6. The standard InChI is InChI=1S/C35H71NO14/c1-4-5-6-7-8-35(37)50-34-33-49-32-31-48-30-29-47-28-27-46-26-25-45-24-23-44-22-21-43-20-19-42-18-17-41-16-15-40-14-13-39-12-11-38-10-9-36(2)3/h4-34H2,1-3H3. The SMILES string of the molecule is CCCCCCC(=O)OCCOCCOCCOCCOCCOCCOCCOCCOCCOCCOCCOCCOCCN(C)C. The van der Waals surface area contributed by atoms with Crippen molar-refractivity contribution in [2.24, 2.45) is 0 Å². The fraction of sp³-hybridized carbons (Fsp3) is 0.971. The van der Waals surface area contributed by atoms with Gasteiger partial charge in [-0.05, 0) is 20.5 Å². The van der Waals surface area contributed by atoms with E-state index in [-0.39, 0.29) is 12.6 Å². The Bertz CT molecular complexity index is 651. The molecule has 50 heavy (non-hydrogen) atoms. The van der Waals surface area contributed by atoms with Crippen molar-refractivity contribution >= 4 is 5.97 Å². The molecular weight excluding hydrogens is 658 g/mol. The van der Waals surface area contributed by atoms with Gasteiger partial charge in [-0.15, -0.1) is 0 Å². The van der Waals surface area contributed by atoms with E-state index >= 15 is 0 Å². The number of hydrogen-bond donors (Lipinski definition) is 0. The second kappa shape index (κ2) is 44.1. The van der Waals surface area contributed by atoms with Gasteiger partial charge in [0.25, 0.3) is 0 Å². The zero-order chi connectivity index (χ0) is 36.3. The number of ether oxygens (including phenoxy) is 13. The summed E-state index contributed by atoms with van der Waals surface area (Å²) in [5, 5.41) is 0. The smallest absolute Gasteiger partial charge is 0.305 e. The van der Waals surface area contributed by atoms with Crippen LogP contribution in [0.2, 0.25) is 0 Å². The highest BCUT2D eigenvalue weighted by atomic mass is 16.6. The van der Waals surface area contributed by atoms with Gasteiger partial charge in [0.1, 0.15) is 6.61 Å². The van der Waals surface area contributed by atoms with Gasteiger partial charge in [0.2, 0.25) is 0 Å². The number of hydrogen-bond acceptors (Lipinski definition) is 15. The molecule has 0 aliphatic rings. The first kappa shape index (κ1) is 49.0. The first-order valence-electron chi connectivity index (χ1n) is 18.4. The van der Waals surface area contributed by atoms with Crippen LogP contribution in [0.5, 0.6) is 0 Å². The summed E-state index contributed by atoms with van der Waals surface area (Å²) in [5.74, 6) is -0.153. The highest BCUT2D eigenvalue weighted by Crippen LogP contribution is 2.03. The first-order valence-corrected chi connectivity index (χ1v) is 18.4. The third-order valence-electron chi connectivity index (χ3n) is 6.50. The van der Waals surface area contributed by atoms with E-state index in [2.05, 4.69) is 11.8 Å². The average molecular weight is 730 g/mol. The molecule has 0 atom stereocenters.